The quantitative estimate of drug-likeness (QED) is 0.244. The van der Waals surface area contributed by atoms with Gasteiger partial charge in [-0.25, -0.2) is 0 Å². The predicted octanol–water partition coefficient (Wildman–Crippen LogP) is 6.51. The molecule has 0 unspecified atom stereocenters. The number of nitrogens with zero attached hydrogens (tertiary/aromatic N) is 3. The average molecular weight is 579 g/mol. The number of fused-ring (bicyclic) bond motifs is 1. The molecular weight excluding hydrogens is 540 g/mol. The van der Waals surface area contributed by atoms with E-state index < -0.39 is 0 Å². The molecule has 0 saturated heterocycles. The van der Waals surface area contributed by atoms with Crippen molar-refractivity contribution in [3.05, 3.63) is 114 Å². The maximum absolute atomic E-state index is 13.7. The van der Waals surface area contributed by atoms with Crippen LogP contribution in [0.4, 0.5) is 5.69 Å². The molecule has 0 bridgehead atoms. The van der Waals surface area contributed by atoms with Crippen LogP contribution in [0.1, 0.15) is 47.1 Å². The Kier molecular flexibility index (Phi) is 9.37. The Morgan fingerprint density at radius 3 is 2.49 bits per heavy atom. The number of para-hydroxylation sites is 2. The summed E-state index contributed by atoms with van der Waals surface area (Å²) in [4.78, 5) is 34.9. The zero-order valence-electron chi connectivity index (χ0n) is 25.1. The second kappa shape index (κ2) is 13.5. The topological polar surface area (TPSA) is 84.0 Å². The van der Waals surface area contributed by atoms with E-state index in [1.807, 2.05) is 67.3 Å². The summed E-state index contributed by atoms with van der Waals surface area (Å²) in [6.45, 7) is 8.00. The van der Waals surface area contributed by atoms with Crippen LogP contribution in [0, 0.1) is 5.92 Å². The lowest BCUT2D eigenvalue weighted by Gasteiger charge is -2.38. The van der Waals surface area contributed by atoms with Crippen LogP contribution in [0.15, 0.2) is 97.3 Å². The number of benzene rings is 3. The highest BCUT2D eigenvalue weighted by Crippen LogP contribution is 2.35. The highest BCUT2D eigenvalue weighted by atomic mass is 16.5. The van der Waals surface area contributed by atoms with Gasteiger partial charge in [-0.3, -0.25) is 19.5 Å². The molecule has 8 nitrogen and oxygen atoms in total. The molecule has 8 heteroatoms. The lowest BCUT2D eigenvalue weighted by Crippen LogP contribution is -2.48. The molecule has 0 radical (unpaired) electrons. The van der Waals surface area contributed by atoms with Gasteiger partial charge in [0.25, 0.3) is 11.8 Å². The molecule has 1 aliphatic rings. The van der Waals surface area contributed by atoms with Crippen LogP contribution < -0.4 is 14.8 Å². The van der Waals surface area contributed by atoms with Crippen molar-refractivity contribution in [2.24, 2.45) is 5.92 Å². The molecule has 4 aromatic rings. The van der Waals surface area contributed by atoms with Gasteiger partial charge >= 0.3 is 0 Å². The first-order chi connectivity index (χ1) is 20.8. The molecule has 43 heavy (non-hydrogen) atoms. The van der Waals surface area contributed by atoms with Gasteiger partial charge in [-0.1, -0.05) is 43.3 Å². The van der Waals surface area contributed by atoms with E-state index in [1.54, 1.807) is 42.7 Å². The van der Waals surface area contributed by atoms with Crippen molar-refractivity contribution in [1.29, 1.82) is 0 Å². The van der Waals surface area contributed by atoms with Crippen molar-refractivity contribution in [2.75, 3.05) is 25.5 Å². The molecule has 5 rings (SSSR count). The summed E-state index contributed by atoms with van der Waals surface area (Å²) in [7, 11) is 2.06. The Bertz CT molecular complexity index is 1540. The fourth-order valence-electron chi connectivity index (χ4n) is 5.24. The molecule has 222 valence electrons. The Labute approximate surface area is 253 Å². The zero-order valence-corrected chi connectivity index (χ0v) is 25.1. The summed E-state index contributed by atoms with van der Waals surface area (Å²) in [6.07, 6.45) is 2.89. The first kappa shape index (κ1) is 29.8. The number of hydrogen-bond acceptors (Lipinski definition) is 6. The number of ether oxygens (including phenoxy) is 2. The monoisotopic (exact) mass is 578 g/mol. The van der Waals surface area contributed by atoms with Gasteiger partial charge in [-0.15, -0.1) is 0 Å². The van der Waals surface area contributed by atoms with E-state index in [0.29, 0.717) is 42.2 Å². The highest BCUT2D eigenvalue weighted by molar-refractivity contribution is 6.07. The third-order valence-corrected chi connectivity index (χ3v) is 7.53. The summed E-state index contributed by atoms with van der Waals surface area (Å²) in [5, 5.41) is 2.96. The number of amides is 2. The smallest absolute Gasteiger partial charge is 0.257 e. The summed E-state index contributed by atoms with van der Waals surface area (Å²) < 4.78 is 12.7. The fraction of sp³-hybridized carbons (Fsp3) is 0.286. The second-order valence-electron chi connectivity index (χ2n) is 11.3. The molecule has 0 aliphatic carbocycles. The van der Waals surface area contributed by atoms with E-state index in [4.69, 9.17) is 9.47 Å². The number of likely N-dealkylation sites (N-methyl/N-ethyl adjacent to an activating group) is 1. The minimum atomic E-state index is -0.297. The third-order valence-electron chi connectivity index (χ3n) is 7.53. The first-order valence-electron chi connectivity index (χ1n) is 14.6. The molecule has 2 heterocycles. The van der Waals surface area contributed by atoms with Crippen molar-refractivity contribution in [2.45, 2.75) is 39.5 Å². The fourth-order valence-corrected chi connectivity index (χ4v) is 5.24. The van der Waals surface area contributed by atoms with Crippen LogP contribution in [0.3, 0.4) is 0 Å². The van der Waals surface area contributed by atoms with E-state index in [1.165, 1.54) is 0 Å². The van der Waals surface area contributed by atoms with Gasteiger partial charge < -0.3 is 19.7 Å². The van der Waals surface area contributed by atoms with Crippen LogP contribution in [0.25, 0.3) is 0 Å². The lowest BCUT2D eigenvalue weighted by molar-refractivity contribution is 0.0433. The minimum absolute atomic E-state index is 0.00157. The third kappa shape index (κ3) is 7.40. The zero-order chi connectivity index (χ0) is 30.3. The summed E-state index contributed by atoms with van der Waals surface area (Å²) in [6, 6.07) is 26.4. The van der Waals surface area contributed by atoms with Crippen molar-refractivity contribution in [3.63, 3.8) is 0 Å². The Hall–Kier alpha value is -4.69. The van der Waals surface area contributed by atoms with Gasteiger partial charge in [0.2, 0.25) is 0 Å². The van der Waals surface area contributed by atoms with Gasteiger partial charge in [0.05, 0.1) is 11.3 Å². The van der Waals surface area contributed by atoms with Gasteiger partial charge in [0.15, 0.2) is 5.75 Å². The second-order valence-corrected chi connectivity index (χ2v) is 11.3. The van der Waals surface area contributed by atoms with Crippen molar-refractivity contribution < 1.29 is 19.1 Å². The predicted molar refractivity (Wildman–Crippen MR) is 168 cm³/mol. The van der Waals surface area contributed by atoms with Gasteiger partial charge in [-0.05, 0) is 75.0 Å². The molecule has 1 N–H and O–H groups in total. The first-order valence-corrected chi connectivity index (χ1v) is 14.6. The highest BCUT2D eigenvalue weighted by Gasteiger charge is 2.34. The van der Waals surface area contributed by atoms with E-state index in [2.05, 4.69) is 35.2 Å². The van der Waals surface area contributed by atoms with Crippen molar-refractivity contribution in [3.8, 4) is 17.2 Å². The Balaban J connectivity index is 1.38. The van der Waals surface area contributed by atoms with E-state index >= 15 is 0 Å². The Morgan fingerprint density at radius 2 is 1.74 bits per heavy atom. The maximum Gasteiger partial charge on any atom is 0.257 e. The van der Waals surface area contributed by atoms with Crippen LogP contribution in [-0.4, -0.2) is 58.9 Å². The van der Waals surface area contributed by atoms with Gasteiger partial charge in [-0.2, -0.15) is 0 Å². The normalized spacial score (nSPS) is 16.7. The standard InChI is InChI=1S/C35H38N4O4/c1-24(2)39-21-25(3)32(23-38(4)22-26-10-8-13-29(20-26)42-28-11-6-5-7-12-28)43-33-30(35(39)41)14-9-15-31(33)37-34(40)27-16-18-36-19-17-27/h5-20,24-25,32H,21-23H2,1-4H3,(H,37,40)/t25-,32+/m1/s1. The SMILES string of the molecule is CC(C)N1C[C@@H](C)[C@H](CN(C)Cc2cccc(Oc3ccccc3)c2)Oc2c(NC(=O)c3ccncc3)cccc2C1=O. The molecule has 2 amide bonds. The summed E-state index contributed by atoms with van der Waals surface area (Å²) in [5.74, 6) is 1.58. The largest absolute Gasteiger partial charge is 0.486 e. The summed E-state index contributed by atoms with van der Waals surface area (Å²) in [5.41, 5.74) is 2.48. The molecular formula is C35H38N4O4. The van der Waals surface area contributed by atoms with E-state index in [9.17, 15) is 9.59 Å². The van der Waals surface area contributed by atoms with Crippen LogP contribution in [0.5, 0.6) is 17.2 Å². The molecule has 1 aliphatic heterocycles. The molecule has 0 saturated carbocycles. The molecule has 0 spiro atoms. The van der Waals surface area contributed by atoms with E-state index in [-0.39, 0.29) is 29.9 Å². The van der Waals surface area contributed by atoms with Crippen molar-refractivity contribution in [1.82, 2.24) is 14.8 Å². The number of carbonyl (C=O) groups excluding carboxylic acids is 2. The van der Waals surface area contributed by atoms with E-state index in [0.717, 1.165) is 17.1 Å². The number of nitrogens with one attached hydrogen (secondary N) is 1. The minimum Gasteiger partial charge on any atom is -0.486 e. The number of rotatable bonds is 9. The average Bonchev–Trinajstić information content (AvgIpc) is 3.00. The number of anilines is 1. The molecule has 3 aromatic carbocycles. The maximum atomic E-state index is 13.7. The number of hydrogen-bond donors (Lipinski definition) is 1. The van der Waals surface area contributed by atoms with Crippen LogP contribution >= 0.6 is 0 Å². The molecule has 1 aromatic heterocycles. The number of pyridine rings is 1. The Morgan fingerprint density at radius 1 is 1.02 bits per heavy atom. The van der Waals surface area contributed by atoms with Gasteiger partial charge in [0, 0.05) is 49.6 Å². The van der Waals surface area contributed by atoms with Crippen molar-refractivity contribution >= 4 is 17.5 Å². The van der Waals surface area contributed by atoms with Crippen LogP contribution in [0.2, 0.25) is 0 Å². The lowest BCUT2D eigenvalue weighted by atomic mass is 9.99. The summed E-state index contributed by atoms with van der Waals surface area (Å²) >= 11 is 0. The van der Waals surface area contributed by atoms with Gasteiger partial charge in [0.1, 0.15) is 17.6 Å². The molecule has 0 fully saturated rings. The number of carbonyl (C=O) groups is 2. The molecule has 2 atom stereocenters. The number of aromatic nitrogens is 1. The van der Waals surface area contributed by atoms with Crippen LogP contribution in [-0.2, 0) is 6.54 Å².